The van der Waals surface area contributed by atoms with E-state index < -0.39 is 0 Å². The molecule has 1 aromatic heterocycles. The summed E-state index contributed by atoms with van der Waals surface area (Å²) < 4.78 is 21.0. The molecule has 184 valence electrons. The molecule has 2 N–H and O–H groups in total. The normalized spacial score (nSPS) is 15.3. The lowest BCUT2D eigenvalue weighted by Gasteiger charge is -2.33. The summed E-state index contributed by atoms with van der Waals surface area (Å²) in [5.74, 6) is 0.815. The van der Waals surface area contributed by atoms with E-state index in [9.17, 15) is 4.39 Å². The highest BCUT2D eigenvalue weighted by Crippen LogP contribution is 2.20. The smallest absolute Gasteiger partial charge is 0.191 e. The van der Waals surface area contributed by atoms with Crippen LogP contribution in [0.5, 0.6) is 5.75 Å². The second kappa shape index (κ2) is 13.1. The lowest BCUT2D eigenvalue weighted by Crippen LogP contribution is -2.48. The Morgan fingerprint density at radius 1 is 1.24 bits per heavy atom. The first-order valence-electron chi connectivity index (χ1n) is 11.5. The van der Waals surface area contributed by atoms with Crippen LogP contribution in [0.15, 0.2) is 23.2 Å². The van der Waals surface area contributed by atoms with Crippen molar-refractivity contribution < 1.29 is 9.13 Å². The molecule has 1 aliphatic rings. The predicted octanol–water partition coefficient (Wildman–Crippen LogP) is 3.64. The minimum absolute atomic E-state index is 0. The zero-order valence-electron chi connectivity index (χ0n) is 20.4. The fourth-order valence-corrected chi connectivity index (χ4v) is 4.46. The number of likely N-dealkylation sites (tertiary alicyclic amines) is 1. The average molecular weight is 573 g/mol. The summed E-state index contributed by atoms with van der Waals surface area (Å²) in [6.45, 7) is 7.71. The van der Waals surface area contributed by atoms with Crippen LogP contribution in [-0.4, -0.2) is 53.9 Å². The van der Waals surface area contributed by atoms with Crippen LogP contribution in [0.3, 0.4) is 0 Å². The molecule has 0 spiro atoms. The Labute approximate surface area is 214 Å². The van der Waals surface area contributed by atoms with Gasteiger partial charge in [0.05, 0.1) is 12.8 Å². The van der Waals surface area contributed by atoms with Gasteiger partial charge in [-0.25, -0.2) is 4.39 Å². The number of nitrogens with zero attached hydrogens (tertiary/aromatic N) is 4. The van der Waals surface area contributed by atoms with Crippen molar-refractivity contribution in [2.24, 2.45) is 12.0 Å². The molecule has 33 heavy (non-hydrogen) atoms. The Balaban J connectivity index is 0.00000385. The van der Waals surface area contributed by atoms with Gasteiger partial charge >= 0.3 is 0 Å². The predicted molar refractivity (Wildman–Crippen MR) is 142 cm³/mol. The number of methoxy groups -OCH3 is 1. The number of halogens is 2. The monoisotopic (exact) mass is 572 g/mol. The van der Waals surface area contributed by atoms with Crippen LogP contribution in [0.2, 0.25) is 0 Å². The first kappa shape index (κ1) is 27.4. The molecule has 0 aliphatic carbocycles. The third-order valence-corrected chi connectivity index (χ3v) is 6.23. The van der Waals surface area contributed by atoms with Crippen molar-refractivity contribution in [3.63, 3.8) is 0 Å². The number of aromatic nitrogens is 2. The van der Waals surface area contributed by atoms with Gasteiger partial charge < -0.3 is 15.4 Å². The molecule has 0 amide bonds. The van der Waals surface area contributed by atoms with Crippen molar-refractivity contribution in [3.8, 4) is 5.75 Å². The van der Waals surface area contributed by atoms with Gasteiger partial charge in [0.15, 0.2) is 17.5 Å². The Kier molecular flexibility index (Phi) is 10.9. The molecule has 0 atom stereocenters. The second-order valence-electron chi connectivity index (χ2n) is 8.29. The van der Waals surface area contributed by atoms with E-state index >= 15 is 0 Å². The second-order valence-corrected chi connectivity index (χ2v) is 8.29. The summed E-state index contributed by atoms with van der Waals surface area (Å²) in [6.07, 6.45) is 3.93. The first-order valence-corrected chi connectivity index (χ1v) is 11.5. The van der Waals surface area contributed by atoms with Gasteiger partial charge in [0, 0.05) is 57.6 Å². The number of hydrogen-bond acceptors (Lipinski definition) is 4. The molecule has 0 unspecified atom stereocenters. The van der Waals surface area contributed by atoms with Crippen LogP contribution in [0.25, 0.3) is 0 Å². The van der Waals surface area contributed by atoms with E-state index in [0.717, 1.165) is 69.1 Å². The van der Waals surface area contributed by atoms with Crippen LogP contribution in [0.4, 0.5) is 4.39 Å². The summed E-state index contributed by atoms with van der Waals surface area (Å²) in [6, 6.07) is 5.58. The topological polar surface area (TPSA) is 66.7 Å². The van der Waals surface area contributed by atoms with Crippen molar-refractivity contribution in [1.29, 1.82) is 0 Å². The number of nitrogens with one attached hydrogen (secondary N) is 2. The third kappa shape index (κ3) is 7.05. The number of aryl methyl sites for hydroxylation is 2. The van der Waals surface area contributed by atoms with Crippen LogP contribution in [0.1, 0.15) is 49.2 Å². The highest BCUT2D eigenvalue weighted by atomic mass is 127. The zero-order valence-corrected chi connectivity index (χ0v) is 22.8. The van der Waals surface area contributed by atoms with Crippen LogP contribution in [0, 0.1) is 5.82 Å². The maximum atomic E-state index is 14.0. The summed E-state index contributed by atoms with van der Waals surface area (Å²) in [4.78, 5) is 6.80. The van der Waals surface area contributed by atoms with Gasteiger partial charge in [0.2, 0.25) is 0 Å². The number of aliphatic imine (C=N–C) groups is 1. The highest BCUT2D eigenvalue weighted by Gasteiger charge is 2.21. The summed E-state index contributed by atoms with van der Waals surface area (Å²) in [7, 11) is 5.32. The van der Waals surface area contributed by atoms with E-state index in [4.69, 9.17) is 4.74 Å². The standard InChI is InChI=1S/C24H37FN6O.HI/c1-6-21-19(22(7-2)30(4)29-21)15-27-24(26-3)28-18-10-12-31(13-11-18)16-17-8-9-23(32-5)20(25)14-17;/h8-9,14,18H,6-7,10-13,15-16H2,1-5H3,(H2,26,27,28);1H. The van der Waals surface area contributed by atoms with Gasteiger partial charge in [-0.3, -0.25) is 14.6 Å². The summed E-state index contributed by atoms with van der Waals surface area (Å²) in [5.41, 5.74) is 4.67. The van der Waals surface area contributed by atoms with E-state index in [1.165, 1.54) is 18.4 Å². The average Bonchev–Trinajstić information content (AvgIpc) is 3.12. The maximum Gasteiger partial charge on any atom is 0.191 e. The molecule has 9 heteroatoms. The molecule has 2 heterocycles. The number of rotatable bonds is 8. The van der Waals surface area contributed by atoms with E-state index in [0.29, 0.717) is 11.8 Å². The molecule has 3 rings (SSSR count). The Hall–Kier alpha value is -1.88. The molecule has 0 saturated carbocycles. The Morgan fingerprint density at radius 2 is 1.97 bits per heavy atom. The number of benzene rings is 1. The molecule has 0 radical (unpaired) electrons. The van der Waals surface area contributed by atoms with Crippen LogP contribution < -0.4 is 15.4 Å². The SMILES string of the molecule is CCc1nn(C)c(CC)c1CNC(=NC)NC1CCN(Cc2ccc(OC)c(F)c2)CC1.I. The molecular formula is C24H38FIN6O. The zero-order chi connectivity index (χ0) is 23.1. The summed E-state index contributed by atoms with van der Waals surface area (Å²) >= 11 is 0. The van der Waals surface area contributed by atoms with Crippen molar-refractivity contribution >= 4 is 29.9 Å². The van der Waals surface area contributed by atoms with Crippen molar-refractivity contribution in [1.82, 2.24) is 25.3 Å². The Bertz CT molecular complexity index is 924. The Morgan fingerprint density at radius 3 is 2.55 bits per heavy atom. The molecule has 1 aromatic carbocycles. The lowest BCUT2D eigenvalue weighted by molar-refractivity contribution is 0.198. The third-order valence-electron chi connectivity index (χ3n) is 6.23. The van der Waals surface area contributed by atoms with Crippen LogP contribution in [-0.2, 0) is 33.0 Å². The molecule has 2 aromatic rings. The molecule has 1 aliphatic heterocycles. The van der Waals surface area contributed by atoms with Crippen molar-refractivity contribution in [2.45, 2.75) is 58.7 Å². The number of guanidine groups is 1. The fourth-order valence-electron chi connectivity index (χ4n) is 4.46. The van der Waals surface area contributed by atoms with Gasteiger partial charge in [-0.05, 0) is 43.4 Å². The van der Waals surface area contributed by atoms with Crippen molar-refractivity contribution in [2.75, 3.05) is 27.2 Å². The quantitative estimate of drug-likeness (QED) is 0.288. The van der Waals surface area contributed by atoms with Gasteiger partial charge in [-0.15, -0.1) is 24.0 Å². The molecular weight excluding hydrogens is 534 g/mol. The summed E-state index contributed by atoms with van der Waals surface area (Å²) in [5, 5.41) is 11.7. The molecule has 1 fully saturated rings. The maximum absolute atomic E-state index is 14.0. The molecule has 7 nitrogen and oxygen atoms in total. The van der Waals surface area contributed by atoms with E-state index in [1.807, 2.05) is 24.8 Å². The minimum atomic E-state index is -0.303. The van der Waals surface area contributed by atoms with Crippen molar-refractivity contribution in [3.05, 3.63) is 46.5 Å². The highest BCUT2D eigenvalue weighted by molar-refractivity contribution is 14.0. The van der Waals surface area contributed by atoms with E-state index in [1.54, 1.807) is 12.1 Å². The minimum Gasteiger partial charge on any atom is -0.494 e. The number of piperidine rings is 1. The van der Waals surface area contributed by atoms with Gasteiger partial charge in [0.1, 0.15) is 0 Å². The van der Waals surface area contributed by atoms with Gasteiger partial charge in [-0.2, -0.15) is 5.10 Å². The molecule has 1 saturated heterocycles. The van der Waals surface area contributed by atoms with Gasteiger partial charge in [-0.1, -0.05) is 19.9 Å². The van der Waals surface area contributed by atoms with Gasteiger partial charge in [0.25, 0.3) is 0 Å². The number of ether oxygens (including phenoxy) is 1. The molecule has 0 bridgehead atoms. The largest absolute Gasteiger partial charge is 0.494 e. The van der Waals surface area contributed by atoms with E-state index in [2.05, 4.69) is 39.5 Å². The number of hydrogen-bond donors (Lipinski definition) is 2. The van der Waals surface area contributed by atoms with E-state index in [-0.39, 0.29) is 29.8 Å². The fraction of sp³-hybridized carbons (Fsp3) is 0.583. The van der Waals surface area contributed by atoms with Crippen LogP contribution >= 0.6 is 24.0 Å². The lowest BCUT2D eigenvalue weighted by atomic mass is 10.0. The first-order chi connectivity index (χ1) is 15.5.